The van der Waals surface area contributed by atoms with Gasteiger partial charge in [-0.1, -0.05) is 36.4 Å². The fourth-order valence-electron chi connectivity index (χ4n) is 4.49. The van der Waals surface area contributed by atoms with E-state index < -0.39 is 4.92 Å². The lowest BCUT2D eigenvalue weighted by atomic mass is 10.00. The summed E-state index contributed by atoms with van der Waals surface area (Å²) in [6, 6.07) is 20.8. The van der Waals surface area contributed by atoms with Crippen molar-refractivity contribution in [3.05, 3.63) is 99.9 Å². The number of nitrogens with zero attached hydrogens (tertiary/aromatic N) is 3. The van der Waals surface area contributed by atoms with Gasteiger partial charge in [0.15, 0.2) is 0 Å². The molecule has 3 unspecified atom stereocenters. The van der Waals surface area contributed by atoms with Crippen molar-refractivity contribution in [2.24, 2.45) is 0 Å². The molecule has 3 aromatic rings. The van der Waals surface area contributed by atoms with E-state index in [-0.39, 0.29) is 23.7 Å². The molecule has 0 radical (unpaired) electrons. The Morgan fingerprint density at radius 3 is 2.67 bits per heavy atom. The molecule has 9 nitrogen and oxygen atoms in total. The first-order valence-electron chi connectivity index (χ1n) is 12.2. The number of carbonyl (C=O) groups is 1. The summed E-state index contributed by atoms with van der Waals surface area (Å²) in [5, 5.41) is 14.9. The van der Waals surface area contributed by atoms with Gasteiger partial charge in [0.1, 0.15) is 5.69 Å². The van der Waals surface area contributed by atoms with E-state index in [1.807, 2.05) is 43.3 Å². The lowest BCUT2D eigenvalue weighted by Crippen LogP contribution is -2.32. The molecule has 1 saturated heterocycles. The number of nitro groups is 1. The van der Waals surface area contributed by atoms with Gasteiger partial charge in [-0.2, -0.15) is 0 Å². The predicted octanol–water partition coefficient (Wildman–Crippen LogP) is 4.62. The number of nitrogens with one attached hydrogen (secondary N) is 3. The third-order valence-electron chi connectivity index (χ3n) is 6.52. The summed E-state index contributed by atoms with van der Waals surface area (Å²) in [6.45, 7) is 2.45. The number of benzene rings is 2. The minimum Gasteiger partial charge on any atom is -0.371 e. The van der Waals surface area contributed by atoms with Gasteiger partial charge in [-0.05, 0) is 56.0 Å². The van der Waals surface area contributed by atoms with E-state index in [1.54, 1.807) is 30.3 Å². The fourth-order valence-corrected chi connectivity index (χ4v) is 4.49. The van der Waals surface area contributed by atoms with Crippen LogP contribution in [0, 0.1) is 10.1 Å². The minimum absolute atomic E-state index is 0.134. The summed E-state index contributed by atoms with van der Waals surface area (Å²) in [4.78, 5) is 30.2. The molecule has 188 valence electrons. The molecule has 1 aromatic heterocycles. The normalized spacial score (nSPS) is 17.9. The van der Waals surface area contributed by atoms with Crippen molar-refractivity contribution in [1.29, 1.82) is 0 Å². The quantitative estimate of drug-likeness (QED) is 0.282. The fraction of sp³-hybridized carbons (Fsp3) is 0.333. The highest BCUT2D eigenvalue weighted by Crippen LogP contribution is 2.29. The second kappa shape index (κ2) is 11.7. The lowest BCUT2D eigenvalue weighted by Gasteiger charge is -2.19. The van der Waals surface area contributed by atoms with E-state index in [4.69, 9.17) is 0 Å². The zero-order valence-corrected chi connectivity index (χ0v) is 20.6. The van der Waals surface area contributed by atoms with Crippen LogP contribution in [0.3, 0.4) is 0 Å². The number of aromatic nitrogens is 1. The molecule has 0 bridgehead atoms. The SMILES string of the molecule is CC(Nc1ccc(C(=O)N(C)CCCC2CC(c3ccccc3)NN2)cc1[N+](=O)[O-])c1ccccn1. The van der Waals surface area contributed by atoms with Gasteiger partial charge >= 0.3 is 0 Å². The Morgan fingerprint density at radius 2 is 1.94 bits per heavy atom. The van der Waals surface area contributed by atoms with Gasteiger partial charge in [0.25, 0.3) is 11.6 Å². The molecular formula is C27H32N6O3. The van der Waals surface area contributed by atoms with Crippen LogP contribution in [-0.2, 0) is 0 Å². The smallest absolute Gasteiger partial charge is 0.293 e. The number of amides is 1. The van der Waals surface area contributed by atoms with Crippen LogP contribution >= 0.6 is 0 Å². The average molecular weight is 489 g/mol. The molecular weight excluding hydrogens is 456 g/mol. The standard InChI is InChI=1S/C27H32N6O3/c1-19(23-12-6-7-15-28-23)29-24-14-13-21(17-26(24)33(35)36)27(34)32(2)16-8-11-22-18-25(31-30-22)20-9-4-3-5-10-20/h3-7,9-10,12-15,17,19,22,25,29-31H,8,11,16,18H2,1-2H3. The Balaban J connectivity index is 1.32. The summed E-state index contributed by atoms with van der Waals surface area (Å²) >= 11 is 0. The van der Waals surface area contributed by atoms with Gasteiger partial charge in [0.05, 0.1) is 16.7 Å². The molecule has 2 aromatic carbocycles. The first-order chi connectivity index (χ1) is 17.4. The largest absolute Gasteiger partial charge is 0.371 e. The molecule has 2 heterocycles. The number of rotatable bonds is 10. The van der Waals surface area contributed by atoms with Crippen LogP contribution in [0.5, 0.6) is 0 Å². The number of carbonyl (C=O) groups excluding carboxylic acids is 1. The summed E-state index contributed by atoms with van der Waals surface area (Å²) in [7, 11) is 1.73. The number of hydrazine groups is 1. The van der Waals surface area contributed by atoms with Gasteiger partial charge in [-0.15, -0.1) is 0 Å². The highest BCUT2D eigenvalue weighted by Gasteiger charge is 2.25. The van der Waals surface area contributed by atoms with E-state index in [0.717, 1.165) is 25.0 Å². The number of hydrogen-bond donors (Lipinski definition) is 3. The highest BCUT2D eigenvalue weighted by atomic mass is 16.6. The van der Waals surface area contributed by atoms with E-state index in [1.165, 1.54) is 11.6 Å². The first kappa shape index (κ1) is 25.3. The predicted molar refractivity (Wildman–Crippen MR) is 139 cm³/mol. The maximum Gasteiger partial charge on any atom is 0.293 e. The van der Waals surface area contributed by atoms with E-state index in [0.29, 0.717) is 23.8 Å². The lowest BCUT2D eigenvalue weighted by molar-refractivity contribution is -0.384. The van der Waals surface area contributed by atoms with Crippen molar-refractivity contribution in [3.8, 4) is 0 Å². The van der Waals surface area contributed by atoms with Crippen molar-refractivity contribution < 1.29 is 9.72 Å². The number of pyridine rings is 1. The minimum atomic E-state index is -0.466. The molecule has 36 heavy (non-hydrogen) atoms. The van der Waals surface area contributed by atoms with Gasteiger partial charge in [-0.25, -0.2) is 0 Å². The van der Waals surface area contributed by atoms with Gasteiger partial charge < -0.3 is 10.2 Å². The van der Waals surface area contributed by atoms with Gasteiger partial charge in [0.2, 0.25) is 0 Å². The zero-order chi connectivity index (χ0) is 25.5. The molecule has 0 saturated carbocycles. The maximum absolute atomic E-state index is 13.0. The molecule has 1 fully saturated rings. The van der Waals surface area contributed by atoms with Crippen LogP contribution in [0.4, 0.5) is 11.4 Å². The van der Waals surface area contributed by atoms with Crippen molar-refractivity contribution in [3.63, 3.8) is 0 Å². The summed E-state index contributed by atoms with van der Waals surface area (Å²) in [5.41, 5.74) is 9.25. The van der Waals surface area contributed by atoms with Crippen LogP contribution in [-0.4, -0.2) is 40.3 Å². The number of nitro benzene ring substituents is 1. The monoisotopic (exact) mass is 488 g/mol. The molecule has 0 spiro atoms. The number of anilines is 1. The van der Waals surface area contributed by atoms with E-state index in [2.05, 4.69) is 33.3 Å². The molecule has 4 rings (SSSR count). The van der Waals surface area contributed by atoms with Crippen molar-refractivity contribution >= 4 is 17.3 Å². The summed E-state index contributed by atoms with van der Waals surface area (Å²) < 4.78 is 0. The molecule has 9 heteroatoms. The second-order valence-electron chi connectivity index (χ2n) is 9.16. The topological polar surface area (TPSA) is 112 Å². The molecule has 1 aliphatic rings. The summed E-state index contributed by atoms with van der Waals surface area (Å²) in [6.07, 6.45) is 4.41. The Kier molecular flexibility index (Phi) is 8.24. The Labute approximate surface area is 211 Å². The maximum atomic E-state index is 13.0. The van der Waals surface area contributed by atoms with Crippen LogP contribution in [0.15, 0.2) is 72.9 Å². The highest BCUT2D eigenvalue weighted by molar-refractivity contribution is 5.95. The molecule has 0 aliphatic carbocycles. The Bertz CT molecular complexity index is 1170. The molecule has 1 aliphatic heterocycles. The first-order valence-corrected chi connectivity index (χ1v) is 12.2. The third-order valence-corrected chi connectivity index (χ3v) is 6.52. The molecule has 3 atom stereocenters. The van der Waals surface area contributed by atoms with Crippen LogP contribution < -0.4 is 16.2 Å². The van der Waals surface area contributed by atoms with Crippen LogP contribution in [0.1, 0.15) is 59.9 Å². The van der Waals surface area contributed by atoms with E-state index >= 15 is 0 Å². The van der Waals surface area contributed by atoms with E-state index in [9.17, 15) is 14.9 Å². The molecule has 3 N–H and O–H groups in total. The van der Waals surface area contributed by atoms with Gasteiger partial charge in [-0.3, -0.25) is 30.7 Å². The van der Waals surface area contributed by atoms with Crippen LogP contribution in [0.25, 0.3) is 0 Å². The number of hydrogen-bond acceptors (Lipinski definition) is 7. The Hall–Kier alpha value is -3.82. The molecule has 1 amide bonds. The van der Waals surface area contributed by atoms with Crippen molar-refractivity contribution in [2.45, 2.75) is 44.3 Å². The second-order valence-corrected chi connectivity index (χ2v) is 9.16. The third kappa shape index (κ3) is 6.24. The van der Waals surface area contributed by atoms with Crippen LogP contribution in [0.2, 0.25) is 0 Å². The van der Waals surface area contributed by atoms with Crippen molar-refractivity contribution in [2.75, 3.05) is 18.9 Å². The Morgan fingerprint density at radius 1 is 1.17 bits per heavy atom. The zero-order valence-electron chi connectivity index (χ0n) is 20.6. The van der Waals surface area contributed by atoms with Gasteiger partial charge in [0, 0.05) is 43.5 Å². The van der Waals surface area contributed by atoms with Crippen molar-refractivity contribution in [1.82, 2.24) is 20.7 Å². The summed E-state index contributed by atoms with van der Waals surface area (Å²) in [5.74, 6) is -0.234. The average Bonchev–Trinajstić information content (AvgIpc) is 3.38.